The van der Waals surface area contributed by atoms with E-state index in [1.165, 1.54) is 37.1 Å². The molecule has 0 unspecified atom stereocenters. The number of hydrazone groups is 1. The van der Waals surface area contributed by atoms with Crippen LogP contribution in [-0.4, -0.2) is 46.8 Å². The Morgan fingerprint density at radius 3 is 2.61 bits per heavy atom. The summed E-state index contributed by atoms with van der Waals surface area (Å²) in [5, 5.41) is 15.2. The Balaban J connectivity index is 1.38. The topological polar surface area (TPSA) is 115 Å². The van der Waals surface area contributed by atoms with Gasteiger partial charge in [0.2, 0.25) is 5.75 Å². The van der Waals surface area contributed by atoms with Gasteiger partial charge in [0.05, 0.1) is 37.3 Å². The maximum absolute atomic E-state index is 13.7. The van der Waals surface area contributed by atoms with Gasteiger partial charge >= 0.3 is 0 Å². The molecular weight excluding hydrogens is 524 g/mol. The van der Waals surface area contributed by atoms with Crippen LogP contribution >= 0.6 is 23.1 Å². The molecule has 1 aliphatic rings. The number of methoxy groups -OCH3 is 2. The summed E-state index contributed by atoms with van der Waals surface area (Å²) in [5.41, 5.74) is 4.80. The van der Waals surface area contributed by atoms with Crippen LogP contribution in [0.2, 0.25) is 0 Å². The van der Waals surface area contributed by atoms with Crippen molar-refractivity contribution in [1.29, 1.82) is 0 Å². The van der Waals surface area contributed by atoms with Gasteiger partial charge in [0.15, 0.2) is 16.7 Å². The highest BCUT2D eigenvalue weighted by Gasteiger charge is 2.23. The van der Waals surface area contributed by atoms with Gasteiger partial charge in [-0.15, -0.1) is 11.3 Å². The van der Waals surface area contributed by atoms with E-state index in [-0.39, 0.29) is 34.5 Å². The number of carbonyl (C=O) groups is 1. The highest BCUT2D eigenvalue weighted by Crippen LogP contribution is 2.37. The number of ether oxygens (including phenoxy) is 2. The molecule has 0 saturated heterocycles. The van der Waals surface area contributed by atoms with E-state index < -0.39 is 0 Å². The van der Waals surface area contributed by atoms with E-state index in [2.05, 4.69) is 10.5 Å². The minimum absolute atomic E-state index is 0.00935. The fourth-order valence-electron chi connectivity index (χ4n) is 4.42. The number of fused-ring (bicyclic) bond motifs is 3. The van der Waals surface area contributed by atoms with Gasteiger partial charge in [-0.1, -0.05) is 30.0 Å². The maximum atomic E-state index is 13.7. The number of benzene rings is 2. The van der Waals surface area contributed by atoms with Crippen LogP contribution in [0, 0.1) is 0 Å². The summed E-state index contributed by atoms with van der Waals surface area (Å²) >= 11 is 2.77. The van der Waals surface area contributed by atoms with Gasteiger partial charge in [0.25, 0.3) is 11.5 Å². The zero-order valence-corrected chi connectivity index (χ0v) is 22.5. The Labute approximate surface area is 227 Å². The number of hydrogen-bond donors (Lipinski definition) is 2. The maximum Gasteiger partial charge on any atom is 0.267 e. The zero-order valence-electron chi connectivity index (χ0n) is 20.9. The van der Waals surface area contributed by atoms with E-state index in [1.54, 1.807) is 28.0 Å². The Morgan fingerprint density at radius 2 is 1.89 bits per heavy atom. The lowest BCUT2D eigenvalue weighted by molar-refractivity contribution is -0.118. The first kappa shape index (κ1) is 25.8. The van der Waals surface area contributed by atoms with Crippen molar-refractivity contribution in [2.75, 3.05) is 20.0 Å². The number of hydrogen-bond acceptors (Lipinski definition) is 9. The molecule has 0 atom stereocenters. The molecule has 0 aliphatic heterocycles. The van der Waals surface area contributed by atoms with E-state index >= 15 is 0 Å². The molecule has 2 heterocycles. The second-order valence-electron chi connectivity index (χ2n) is 8.62. The standard InChI is InChI=1S/C27H26N4O5S2/c1-35-19-12-16(13-20(36-2)24(19)33)14-28-30-22(32)15-37-27-29-25-23(18-10-6-7-11-21(18)38-25)26(34)31(27)17-8-4-3-5-9-17/h3-5,8-9,12-14,33H,6-7,10-11,15H2,1-2H3,(H,30,32)/b28-14-. The molecule has 2 aromatic carbocycles. The van der Waals surface area contributed by atoms with Crippen LogP contribution in [0.4, 0.5) is 0 Å². The first-order valence-electron chi connectivity index (χ1n) is 12.0. The van der Waals surface area contributed by atoms with Gasteiger partial charge in [0, 0.05) is 10.4 Å². The summed E-state index contributed by atoms with van der Waals surface area (Å²) in [6.07, 6.45) is 5.49. The van der Waals surface area contributed by atoms with Crippen LogP contribution in [0.3, 0.4) is 0 Å². The van der Waals surface area contributed by atoms with Crippen molar-refractivity contribution in [3.63, 3.8) is 0 Å². The first-order valence-corrected chi connectivity index (χ1v) is 13.8. The minimum atomic E-state index is -0.358. The molecule has 2 N–H and O–H groups in total. The number of aromatic hydroxyl groups is 1. The first-order chi connectivity index (χ1) is 18.5. The molecule has 0 bridgehead atoms. The molecule has 0 fully saturated rings. The highest BCUT2D eigenvalue weighted by molar-refractivity contribution is 7.99. The molecule has 1 aliphatic carbocycles. The van der Waals surface area contributed by atoms with Crippen LogP contribution in [-0.2, 0) is 17.6 Å². The van der Waals surface area contributed by atoms with Gasteiger partial charge < -0.3 is 14.6 Å². The molecule has 4 aromatic rings. The fourth-order valence-corrected chi connectivity index (χ4v) is 6.52. The fraction of sp³-hybridized carbons (Fsp3) is 0.259. The number of thiophene rings is 1. The van der Waals surface area contributed by atoms with Crippen molar-refractivity contribution in [1.82, 2.24) is 15.0 Å². The average molecular weight is 551 g/mol. The number of aromatic nitrogens is 2. The summed E-state index contributed by atoms with van der Waals surface area (Å²) in [5.74, 6) is -0.0156. The second kappa shape index (κ2) is 11.3. The number of carbonyl (C=O) groups excluding carboxylic acids is 1. The quantitative estimate of drug-likeness (QED) is 0.146. The lowest BCUT2D eigenvalue weighted by Crippen LogP contribution is -2.24. The number of para-hydroxylation sites is 1. The molecular formula is C27H26N4O5S2. The Hall–Kier alpha value is -3.83. The lowest BCUT2D eigenvalue weighted by atomic mass is 9.97. The summed E-state index contributed by atoms with van der Waals surface area (Å²) in [7, 11) is 2.86. The van der Waals surface area contributed by atoms with Crippen LogP contribution < -0.4 is 20.5 Å². The summed E-state index contributed by atoms with van der Waals surface area (Å²) < 4.78 is 11.9. The van der Waals surface area contributed by atoms with Crippen LogP contribution in [0.25, 0.3) is 15.9 Å². The van der Waals surface area contributed by atoms with E-state index in [1.807, 2.05) is 30.3 Å². The van der Waals surface area contributed by atoms with Crippen molar-refractivity contribution in [2.45, 2.75) is 30.8 Å². The number of aryl methyl sites for hydroxylation is 2. The zero-order chi connectivity index (χ0) is 26.6. The Morgan fingerprint density at radius 1 is 1.18 bits per heavy atom. The molecule has 11 heteroatoms. The van der Waals surface area contributed by atoms with E-state index in [0.717, 1.165) is 36.1 Å². The van der Waals surface area contributed by atoms with E-state index in [4.69, 9.17) is 14.5 Å². The van der Waals surface area contributed by atoms with Crippen molar-refractivity contribution < 1.29 is 19.4 Å². The molecule has 0 saturated carbocycles. The van der Waals surface area contributed by atoms with E-state index in [0.29, 0.717) is 21.8 Å². The molecule has 9 nitrogen and oxygen atoms in total. The Bertz CT molecular complexity index is 1560. The number of thioether (sulfide) groups is 1. The number of phenols is 1. The average Bonchev–Trinajstić information content (AvgIpc) is 3.32. The predicted molar refractivity (Wildman–Crippen MR) is 150 cm³/mol. The number of phenolic OH excluding ortho intramolecular Hbond substituents is 1. The summed E-state index contributed by atoms with van der Waals surface area (Å²) in [6.45, 7) is 0. The van der Waals surface area contributed by atoms with Crippen molar-refractivity contribution in [3.05, 3.63) is 68.8 Å². The summed E-state index contributed by atoms with van der Waals surface area (Å²) in [6, 6.07) is 12.5. The van der Waals surface area contributed by atoms with Gasteiger partial charge in [-0.2, -0.15) is 5.10 Å². The van der Waals surface area contributed by atoms with Gasteiger partial charge in [-0.3, -0.25) is 14.2 Å². The van der Waals surface area contributed by atoms with E-state index in [9.17, 15) is 14.7 Å². The van der Waals surface area contributed by atoms with Crippen molar-refractivity contribution in [2.24, 2.45) is 5.10 Å². The number of nitrogens with zero attached hydrogens (tertiary/aromatic N) is 3. The van der Waals surface area contributed by atoms with Gasteiger partial charge in [-0.25, -0.2) is 10.4 Å². The van der Waals surface area contributed by atoms with Crippen molar-refractivity contribution in [3.8, 4) is 22.9 Å². The number of nitrogens with one attached hydrogen (secondary N) is 1. The number of rotatable bonds is 8. The van der Waals surface area contributed by atoms with Crippen LogP contribution in [0.1, 0.15) is 28.8 Å². The second-order valence-corrected chi connectivity index (χ2v) is 10.6. The molecule has 38 heavy (non-hydrogen) atoms. The number of amides is 1. The smallest absolute Gasteiger partial charge is 0.267 e. The third-order valence-corrected chi connectivity index (χ3v) is 8.33. The Kier molecular flexibility index (Phi) is 7.66. The van der Waals surface area contributed by atoms with Gasteiger partial charge in [0.1, 0.15) is 4.83 Å². The molecule has 0 spiro atoms. The largest absolute Gasteiger partial charge is 0.502 e. The molecule has 0 radical (unpaired) electrons. The van der Waals surface area contributed by atoms with Crippen LogP contribution in [0.15, 0.2) is 57.5 Å². The third kappa shape index (κ3) is 5.11. The molecule has 2 aromatic heterocycles. The monoisotopic (exact) mass is 550 g/mol. The normalized spacial score (nSPS) is 13.0. The predicted octanol–water partition coefficient (Wildman–Crippen LogP) is 4.29. The molecule has 196 valence electrons. The lowest BCUT2D eigenvalue weighted by Gasteiger charge is -2.13. The van der Waals surface area contributed by atoms with Gasteiger partial charge in [-0.05, 0) is 55.5 Å². The molecule has 5 rings (SSSR count). The highest BCUT2D eigenvalue weighted by atomic mass is 32.2. The van der Waals surface area contributed by atoms with Crippen LogP contribution in [0.5, 0.6) is 17.2 Å². The van der Waals surface area contributed by atoms with Crippen molar-refractivity contribution >= 4 is 45.4 Å². The third-order valence-electron chi connectivity index (χ3n) is 6.21. The molecule has 1 amide bonds. The summed E-state index contributed by atoms with van der Waals surface area (Å²) in [4.78, 5) is 33.2. The minimum Gasteiger partial charge on any atom is -0.502 e. The SMILES string of the molecule is COc1cc(/C=N\NC(=O)CSc2nc3sc4c(c3c(=O)n2-c2ccccc2)CCCC4)cc(OC)c1O.